The zero-order valence-corrected chi connectivity index (χ0v) is 16.8. The van der Waals surface area contributed by atoms with Gasteiger partial charge in [-0.15, -0.1) is 10.2 Å². The fraction of sp³-hybridized carbons (Fsp3) is 0.211. The van der Waals surface area contributed by atoms with Gasteiger partial charge < -0.3 is 25.4 Å². The normalized spacial score (nSPS) is 10.4. The first-order valence-corrected chi connectivity index (χ1v) is 9.61. The molecule has 3 rings (SSSR count). The molecule has 0 aliphatic carbocycles. The average molecular weight is 415 g/mol. The molecule has 1 amide bonds. The van der Waals surface area contributed by atoms with Gasteiger partial charge in [-0.2, -0.15) is 0 Å². The van der Waals surface area contributed by atoms with E-state index >= 15 is 0 Å². The van der Waals surface area contributed by atoms with Crippen LogP contribution in [0.5, 0.6) is 17.2 Å². The van der Waals surface area contributed by atoms with Gasteiger partial charge in [-0.05, 0) is 24.3 Å². The van der Waals surface area contributed by atoms with E-state index in [1.165, 1.54) is 16.4 Å². The number of ether oxygens (including phenoxy) is 3. The van der Waals surface area contributed by atoms with E-state index in [1.807, 2.05) is 24.3 Å². The molecule has 0 unspecified atom stereocenters. The van der Waals surface area contributed by atoms with E-state index in [4.69, 9.17) is 20.1 Å². The molecule has 1 aromatic heterocycles. The third kappa shape index (κ3) is 5.32. The lowest BCUT2D eigenvalue weighted by atomic mass is 10.3. The number of nitrogens with one attached hydrogen (secondary N) is 1. The number of thioether (sulfide) groups is 1. The van der Waals surface area contributed by atoms with E-state index in [0.29, 0.717) is 33.9 Å². The molecule has 0 atom stereocenters. The number of para-hydroxylation sites is 2. The fourth-order valence-electron chi connectivity index (χ4n) is 2.41. The Morgan fingerprint density at radius 3 is 2.69 bits per heavy atom. The summed E-state index contributed by atoms with van der Waals surface area (Å²) in [7, 11) is 3.13. The number of nitrogen functional groups attached to an aromatic ring is 1. The molecular formula is C19H21N5O4S. The molecule has 3 N–H and O–H groups in total. The minimum atomic E-state index is -0.211. The van der Waals surface area contributed by atoms with Gasteiger partial charge in [-0.1, -0.05) is 30.0 Å². The van der Waals surface area contributed by atoms with Crippen molar-refractivity contribution in [1.82, 2.24) is 14.9 Å². The minimum absolute atomic E-state index is 0.115. The number of hydrogen-bond acceptors (Lipinski definition) is 8. The van der Waals surface area contributed by atoms with Crippen molar-refractivity contribution in [2.45, 2.75) is 11.8 Å². The molecule has 0 aliphatic rings. The monoisotopic (exact) mass is 415 g/mol. The second-order valence-electron chi connectivity index (χ2n) is 5.77. The summed E-state index contributed by atoms with van der Waals surface area (Å²) in [5, 5.41) is 11.2. The van der Waals surface area contributed by atoms with Gasteiger partial charge in [0.2, 0.25) is 11.1 Å². The third-order valence-electron chi connectivity index (χ3n) is 3.86. The molecule has 0 aliphatic heterocycles. The Morgan fingerprint density at radius 1 is 1.10 bits per heavy atom. The number of benzene rings is 2. The van der Waals surface area contributed by atoms with Crippen molar-refractivity contribution in [2.24, 2.45) is 0 Å². The molecule has 152 valence electrons. The number of nitrogens with two attached hydrogens (primary N) is 1. The van der Waals surface area contributed by atoms with Crippen LogP contribution in [-0.2, 0) is 11.4 Å². The number of hydrogen-bond donors (Lipinski definition) is 2. The molecule has 0 radical (unpaired) electrons. The van der Waals surface area contributed by atoms with E-state index in [2.05, 4.69) is 15.5 Å². The number of rotatable bonds is 9. The van der Waals surface area contributed by atoms with E-state index in [0.717, 1.165) is 0 Å². The van der Waals surface area contributed by atoms with Gasteiger partial charge in [0.1, 0.15) is 23.9 Å². The molecule has 29 heavy (non-hydrogen) atoms. The number of carbonyl (C=O) groups is 1. The quantitative estimate of drug-likeness (QED) is 0.404. The molecule has 9 nitrogen and oxygen atoms in total. The maximum Gasteiger partial charge on any atom is 0.234 e. The topological polar surface area (TPSA) is 114 Å². The van der Waals surface area contributed by atoms with Gasteiger partial charge in [0, 0.05) is 6.07 Å². The van der Waals surface area contributed by atoms with Gasteiger partial charge >= 0.3 is 0 Å². The highest BCUT2D eigenvalue weighted by Crippen LogP contribution is 2.24. The van der Waals surface area contributed by atoms with Crippen molar-refractivity contribution < 1.29 is 19.0 Å². The Morgan fingerprint density at radius 2 is 1.90 bits per heavy atom. The predicted octanol–water partition coefficient (Wildman–Crippen LogP) is 2.32. The number of aromatic nitrogens is 3. The first-order chi connectivity index (χ1) is 14.1. The Bertz CT molecular complexity index is 979. The highest BCUT2D eigenvalue weighted by Gasteiger charge is 2.14. The van der Waals surface area contributed by atoms with Crippen LogP contribution in [0.15, 0.2) is 53.7 Å². The van der Waals surface area contributed by atoms with Crippen LogP contribution in [0, 0.1) is 0 Å². The molecule has 0 bridgehead atoms. The lowest BCUT2D eigenvalue weighted by molar-refractivity contribution is -0.113. The van der Waals surface area contributed by atoms with Crippen LogP contribution in [0.1, 0.15) is 5.82 Å². The average Bonchev–Trinajstić information content (AvgIpc) is 3.10. The van der Waals surface area contributed by atoms with Gasteiger partial charge in [-0.3, -0.25) is 4.79 Å². The molecule has 0 saturated carbocycles. The molecular weight excluding hydrogens is 394 g/mol. The number of methoxy groups -OCH3 is 2. The zero-order chi connectivity index (χ0) is 20.6. The van der Waals surface area contributed by atoms with E-state index in [-0.39, 0.29) is 18.3 Å². The summed E-state index contributed by atoms with van der Waals surface area (Å²) in [6.07, 6.45) is 0. The van der Waals surface area contributed by atoms with Crippen molar-refractivity contribution in [1.29, 1.82) is 0 Å². The Balaban J connectivity index is 1.54. The second kappa shape index (κ2) is 9.69. The van der Waals surface area contributed by atoms with Crippen molar-refractivity contribution in [2.75, 3.05) is 31.1 Å². The van der Waals surface area contributed by atoms with Crippen LogP contribution >= 0.6 is 11.8 Å². The summed E-state index contributed by atoms with van der Waals surface area (Å²) in [5.41, 5.74) is 0.599. The van der Waals surface area contributed by atoms with Crippen LogP contribution in [0.25, 0.3) is 0 Å². The predicted molar refractivity (Wildman–Crippen MR) is 110 cm³/mol. The smallest absolute Gasteiger partial charge is 0.234 e. The number of amides is 1. The molecule has 0 spiro atoms. The zero-order valence-electron chi connectivity index (χ0n) is 16.0. The number of nitrogens with zero attached hydrogens (tertiary/aromatic N) is 3. The maximum absolute atomic E-state index is 12.2. The Kier molecular flexibility index (Phi) is 6.80. The molecule has 0 fully saturated rings. The van der Waals surface area contributed by atoms with E-state index < -0.39 is 0 Å². The second-order valence-corrected chi connectivity index (χ2v) is 6.72. The van der Waals surface area contributed by atoms with E-state index in [9.17, 15) is 4.79 Å². The summed E-state index contributed by atoms with van der Waals surface area (Å²) in [6, 6.07) is 14.4. The third-order valence-corrected chi connectivity index (χ3v) is 4.80. The molecule has 0 saturated heterocycles. The number of carbonyl (C=O) groups excluding carboxylic acids is 1. The standard InChI is InChI=1S/C19H21N5O4S/c1-26-13-6-5-7-14(10-13)28-11-17-22-23-19(24(17)20)29-12-18(25)21-15-8-3-4-9-16(15)27-2/h3-10H,11-12,20H2,1-2H3,(H,21,25). The van der Waals surface area contributed by atoms with Crippen LogP contribution in [0.3, 0.4) is 0 Å². The largest absolute Gasteiger partial charge is 0.497 e. The Labute approximate surface area is 172 Å². The fourth-order valence-corrected chi connectivity index (χ4v) is 3.08. The lowest BCUT2D eigenvalue weighted by Crippen LogP contribution is -2.18. The van der Waals surface area contributed by atoms with Crippen LogP contribution in [0.4, 0.5) is 5.69 Å². The summed E-state index contributed by atoms with van der Waals surface area (Å²) < 4.78 is 17.4. The van der Waals surface area contributed by atoms with Gasteiger partial charge in [0.15, 0.2) is 5.82 Å². The van der Waals surface area contributed by atoms with Crippen molar-refractivity contribution in [3.8, 4) is 17.2 Å². The summed E-state index contributed by atoms with van der Waals surface area (Å²) >= 11 is 1.17. The van der Waals surface area contributed by atoms with Crippen molar-refractivity contribution in [3.63, 3.8) is 0 Å². The molecule has 10 heteroatoms. The first-order valence-electron chi connectivity index (χ1n) is 8.62. The van der Waals surface area contributed by atoms with Crippen LogP contribution in [0.2, 0.25) is 0 Å². The number of anilines is 1. The van der Waals surface area contributed by atoms with Crippen LogP contribution in [-0.4, -0.2) is 40.8 Å². The SMILES string of the molecule is COc1cccc(OCc2nnc(SCC(=O)Nc3ccccc3OC)n2N)c1. The summed E-state index contributed by atoms with van der Waals surface area (Å²) in [4.78, 5) is 12.2. The highest BCUT2D eigenvalue weighted by molar-refractivity contribution is 7.99. The lowest BCUT2D eigenvalue weighted by Gasteiger charge is -2.09. The molecule has 3 aromatic rings. The van der Waals surface area contributed by atoms with Crippen molar-refractivity contribution >= 4 is 23.4 Å². The first kappa shape index (κ1) is 20.3. The Hall–Kier alpha value is -3.40. The summed E-state index contributed by atoms with van der Waals surface area (Å²) in [5.74, 6) is 8.26. The highest BCUT2D eigenvalue weighted by atomic mass is 32.2. The van der Waals surface area contributed by atoms with Crippen LogP contribution < -0.4 is 25.4 Å². The summed E-state index contributed by atoms with van der Waals surface area (Å²) in [6.45, 7) is 0.130. The van der Waals surface area contributed by atoms with Gasteiger partial charge in [0.25, 0.3) is 0 Å². The van der Waals surface area contributed by atoms with Gasteiger partial charge in [0.05, 0.1) is 25.7 Å². The minimum Gasteiger partial charge on any atom is -0.497 e. The molecule has 1 heterocycles. The maximum atomic E-state index is 12.2. The van der Waals surface area contributed by atoms with Gasteiger partial charge in [-0.25, -0.2) is 4.68 Å². The molecule has 2 aromatic carbocycles. The van der Waals surface area contributed by atoms with E-state index in [1.54, 1.807) is 38.5 Å². The van der Waals surface area contributed by atoms with Crippen molar-refractivity contribution in [3.05, 3.63) is 54.4 Å².